The molecule has 0 saturated carbocycles. The quantitative estimate of drug-likeness (QED) is 0.528. The zero-order valence-electron chi connectivity index (χ0n) is 8.76. The number of hydrogen-bond donors (Lipinski definition) is 0. The van der Waals surface area contributed by atoms with E-state index < -0.39 is 0 Å². The fourth-order valence-corrected chi connectivity index (χ4v) is 1.35. The fourth-order valence-electron chi connectivity index (χ4n) is 1.35. The van der Waals surface area contributed by atoms with Crippen molar-refractivity contribution in [3.63, 3.8) is 0 Å². The van der Waals surface area contributed by atoms with E-state index >= 15 is 0 Å². The van der Waals surface area contributed by atoms with Crippen molar-refractivity contribution in [3.8, 4) is 0 Å². The lowest BCUT2D eigenvalue weighted by Gasteiger charge is -2.16. The van der Waals surface area contributed by atoms with E-state index in [1.54, 1.807) is 0 Å². The van der Waals surface area contributed by atoms with E-state index in [1.165, 1.54) is 0 Å². The van der Waals surface area contributed by atoms with E-state index in [0.717, 1.165) is 18.8 Å². The molecule has 1 aliphatic heterocycles. The molecule has 68 valence electrons. The first-order valence-electron chi connectivity index (χ1n) is 4.53. The molecule has 2 atom stereocenters. The van der Waals surface area contributed by atoms with Gasteiger partial charge in [-0.05, 0) is 27.9 Å². The van der Waals surface area contributed by atoms with Crippen molar-refractivity contribution in [3.05, 3.63) is 0 Å². The number of likely N-dealkylation sites (N-methyl/N-ethyl adjacent to an activating group) is 2. The van der Waals surface area contributed by atoms with E-state index in [0.29, 0.717) is 0 Å². The lowest BCUT2D eigenvalue weighted by atomic mass is 10.2. The van der Waals surface area contributed by atoms with Gasteiger partial charge in [-0.2, -0.15) is 0 Å². The first-order chi connectivity index (χ1) is 5.13. The lowest BCUT2D eigenvalue weighted by molar-refractivity contribution is 0.289. The maximum Gasteiger partial charge on any atom is 0.0507 e. The van der Waals surface area contributed by atoms with Crippen molar-refractivity contribution in [2.45, 2.75) is 39.8 Å². The van der Waals surface area contributed by atoms with Crippen molar-refractivity contribution in [1.29, 1.82) is 0 Å². The maximum atomic E-state index is 2.37. The Balaban J connectivity index is 0.000000461. The summed E-state index contributed by atoms with van der Waals surface area (Å²) in [5.74, 6) is 0. The molecule has 2 nitrogen and oxygen atoms in total. The van der Waals surface area contributed by atoms with E-state index in [1.807, 2.05) is 13.8 Å². The molecule has 0 aromatic carbocycles. The third-order valence-electron chi connectivity index (χ3n) is 2.53. The van der Waals surface area contributed by atoms with Gasteiger partial charge in [-0.1, -0.05) is 13.8 Å². The Hall–Kier alpha value is -0.0800. The van der Waals surface area contributed by atoms with Crippen LogP contribution in [0.25, 0.3) is 0 Å². The number of hydrogen-bond acceptors (Lipinski definition) is 2. The molecule has 0 amide bonds. The molecule has 2 heteroatoms. The predicted octanol–water partition coefficient (Wildman–Crippen LogP) is 1.62. The number of rotatable bonds is 0. The number of nitrogens with zero attached hydrogens (tertiary/aromatic N) is 2. The molecule has 0 aliphatic carbocycles. The summed E-state index contributed by atoms with van der Waals surface area (Å²) in [4.78, 5) is 4.73. The van der Waals surface area contributed by atoms with E-state index in [9.17, 15) is 0 Å². The van der Waals surface area contributed by atoms with Gasteiger partial charge in [-0.3, -0.25) is 9.80 Å². The lowest BCUT2D eigenvalue weighted by Crippen LogP contribution is -2.29. The summed E-state index contributed by atoms with van der Waals surface area (Å²) in [6.07, 6.45) is 0. The molecule has 0 bridgehead atoms. The van der Waals surface area contributed by atoms with Crippen LogP contribution in [0.5, 0.6) is 0 Å². The minimum atomic E-state index is 0.718. The van der Waals surface area contributed by atoms with E-state index in [-0.39, 0.29) is 0 Å². The van der Waals surface area contributed by atoms with Gasteiger partial charge >= 0.3 is 0 Å². The van der Waals surface area contributed by atoms with Gasteiger partial charge in [0.1, 0.15) is 0 Å². The molecular formula is C9H22N2. The van der Waals surface area contributed by atoms with E-state index in [4.69, 9.17) is 0 Å². The molecule has 1 fully saturated rings. The van der Waals surface area contributed by atoms with Gasteiger partial charge in [0.2, 0.25) is 0 Å². The highest BCUT2D eigenvalue weighted by atomic mass is 15.4. The summed E-state index contributed by atoms with van der Waals surface area (Å²) in [6, 6.07) is 1.44. The Kier molecular flexibility index (Phi) is 4.69. The molecule has 0 radical (unpaired) electrons. The van der Waals surface area contributed by atoms with Gasteiger partial charge in [0, 0.05) is 12.1 Å². The third kappa shape index (κ3) is 2.46. The Labute approximate surface area is 71.2 Å². The summed E-state index contributed by atoms with van der Waals surface area (Å²) in [5.41, 5.74) is 0. The highest BCUT2D eigenvalue weighted by Gasteiger charge is 2.28. The minimum absolute atomic E-state index is 0.718. The maximum absolute atomic E-state index is 2.37. The smallest absolute Gasteiger partial charge is 0.0507 e. The summed E-state index contributed by atoms with van der Waals surface area (Å²) in [5, 5.41) is 0. The summed E-state index contributed by atoms with van der Waals surface area (Å²) >= 11 is 0. The topological polar surface area (TPSA) is 6.48 Å². The summed E-state index contributed by atoms with van der Waals surface area (Å²) in [7, 11) is 4.34. The minimum Gasteiger partial charge on any atom is -0.289 e. The zero-order chi connectivity index (χ0) is 9.02. The second-order valence-electron chi connectivity index (χ2n) is 3.14. The molecule has 0 aromatic rings. The normalized spacial score (nSPS) is 33.3. The van der Waals surface area contributed by atoms with Gasteiger partial charge in [0.15, 0.2) is 0 Å². The SMILES string of the molecule is CC.CC1C(C)N(C)CN1C. The average molecular weight is 158 g/mol. The van der Waals surface area contributed by atoms with Crippen LogP contribution in [0.4, 0.5) is 0 Å². The molecule has 1 saturated heterocycles. The standard InChI is InChI=1S/C7H16N2.C2H6/c1-6-7(2)9(4)5-8(6)3;1-2/h6-7H,5H2,1-4H3;1-2H3. The molecule has 0 N–H and O–H groups in total. The van der Waals surface area contributed by atoms with Crippen LogP contribution < -0.4 is 0 Å². The first-order valence-corrected chi connectivity index (χ1v) is 4.53. The Morgan fingerprint density at radius 1 is 0.909 bits per heavy atom. The van der Waals surface area contributed by atoms with Crippen LogP contribution in [0.3, 0.4) is 0 Å². The molecule has 0 spiro atoms. The Morgan fingerprint density at radius 3 is 1.27 bits per heavy atom. The molecule has 1 heterocycles. The van der Waals surface area contributed by atoms with Gasteiger partial charge < -0.3 is 0 Å². The van der Waals surface area contributed by atoms with Crippen molar-refractivity contribution in [2.24, 2.45) is 0 Å². The molecular weight excluding hydrogens is 136 g/mol. The van der Waals surface area contributed by atoms with Crippen LogP contribution in [0.1, 0.15) is 27.7 Å². The second kappa shape index (κ2) is 4.73. The Morgan fingerprint density at radius 2 is 1.18 bits per heavy atom. The highest BCUT2D eigenvalue weighted by Crippen LogP contribution is 2.15. The second-order valence-corrected chi connectivity index (χ2v) is 3.14. The Bertz CT molecular complexity index is 91.7. The van der Waals surface area contributed by atoms with Gasteiger partial charge in [0.25, 0.3) is 0 Å². The van der Waals surface area contributed by atoms with E-state index in [2.05, 4.69) is 37.7 Å². The van der Waals surface area contributed by atoms with Crippen LogP contribution in [-0.4, -0.2) is 42.6 Å². The summed E-state index contributed by atoms with van der Waals surface area (Å²) in [6.45, 7) is 9.66. The average Bonchev–Trinajstić information content (AvgIpc) is 2.22. The van der Waals surface area contributed by atoms with Crippen LogP contribution in [0.15, 0.2) is 0 Å². The predicted molar refractivity (Wildman–Crippen MR) is 50.7 cm³/mol. The third-order valence-corrected chi connectivity index (χ3v) is 2.53. The first kappa shape index (κ1) is 10.9. The monoisotopic (exact) mass is 158 g/mol. The van der Waals surface area contributed by atoms with Crippen molar-refractivity contribution < 1.29 is 0 Å². The van der Waals surface area contributed by atoms with Crippen LogP contribution in [0.2, 0.25) is 0 Å². The van der Waals surface area contributed by atoms with Gasteiger partial charge in [-0.15, -0.1) is 0 Å². The van der Waals surface area contributed by atoms with Gasteiger partial charge in [0.05, 0.1) is 6.67 Å². The van der Waals surface area contributed by atoms with Crippen molar-refractivity contribution >= 4 is 0 Å². The molecule has 0 aromatic heterocycles. The molecule has 11 heavy (non-hydrogen) atoms. The van der Waals surface area contributed by atoms with Crippen LogP contribution in [-0.2, 0) is 0 Å². The largest absolute Gasteiger partial charge is 0.289 e. The molecule has 2 unspecified atom stereocenters. The fraction of sp³-hybridized carbons (Fsp3) is 1.00. The molecule has 1 rings (SSSR count). The van der Waals surface area contributed by atoms with Crippen LogP contribution >= 0.6 is 0 Å². The zero-order valence-corrected chi connectivity index (χ0v) is 8.76. The van der Waals surface area contributed by atoms with Gasteiger partial charge in [-0.25, -0.2) is 0 Å². The van der Waals surface area contributed by atoms with Crippen molar-refractivity contribution in [1.82, 2.24) is 9.80 Å². The highest BCUT2D eigenvalue weighted by molar-refractivity contribution is 4.82. The van der Waals surface area contributed by atoms with Crippen LogP contribution in [0, 0.1) is 0 Å². The van der Waals surface area contributed by atoms with Crippen molar-refractivity contribution in [2.75, 3.05) is 20.8 Å². The molecule has 1 aliphatic rings. The summed E-state index contributed by atoms with van der Waals surface area (Å²) < 4.78 is 0.